The summed E-state index contributed by atoms with van der Waals surface area (Å²) in [6.45, 7) is 10.6. The van der Waals surface area contributed by atoms with Gasteiger partial charge in [-0.3, -0.25) is 19.9 Å². The van der Waals surface area contributed by atoms with E-state index in [-0.39, 0.29) is 35.7 Å². The number of methoxy groups -OCH3 is 2. The van der Waals surface area contributed by atoms with Crippen molar-refractivity contribution in [3.8, 4) is 23.0 Å². The predicted octanol–water partition coefficient (Wildman–Crippen LogP) is 7.17. The summed E-state index contributed by atoms with van der Waals surface area (Å²) < 4.78 is 28.7. The Kier molecular flexibility index (Phi) is 13.6. The lowest BCUT2D eigenvalue weighted by molar-refractivity contribution is 0.0774. The number of unbranched alkanes of at least 4 members (excludes halogenated alkanes) is 2. The van der Waals surface area contributed by atoms with E-state index in [1.165, 1.54) is 7.11 Å². The number of ether oxygens (including phenoxy) is 5. The highest BCUT2D eigenvalue weighted by molar-refractivity contribution is 8.76. The molecule has 51 heavy (non-hydrogen) atoms. The fourth-order valence-corrected chi connectivity index (χ4v) is 7.30. The van der Waals surface area contributed by atoms with E-state index < -0.39 is 6.09 Å². The number of benzene rings is 2. The second-order valence-electron chi connectivity index (χ2n) is 12.4. The van der Waals surface area contributed by atoms with Crippen LogP contribution < -0.4 is 24.3 Å². The van der Waals surface area contributed by atoms with Crippen LogP contribution in [0.3, 0.4) is 0 Å². The molecule has 1 unspecified atom stereocenters. The molecule has 0 spiro atoms. The van der Waals surface area contributed by atoms with Crippen LogP contribution in [0, 0.1) is 0 Å². The minimum absolute atomic E-state index is 0.0886. The lowest BCUT2D eigenvalue weighted by Crippen LogP contribution is -2.35. The molecule has 3 heterocycles. The van der Waals surface area contributed by atoms with Gasteiger partial charge in [-0.25, -0.2) is 4.79 Å². The Morgan fingerprint density at radius 3 is 2.33 bits per heavy atom. The summed E-state index contributed by atoms with van der Waals surface area (Å²) in [5.41, 5.74) is 3.61. The molecule has 1 atom stereocenters. The molecule has 5 rings (SSSR count). The number of likely N-dealkylation sites (tertiary alicyclic amines) is 1. The zero-order valence-corrected chi connectivity index (χ0v) is 31.1. The van der Waals surface area contributed by atoms with Crippen LogP contribution in [0.15, 0.2) is 53.6 Å². The Hall–Kier alpha value is -4.30. The van der Waals surface area contributed by atoms with Crippen molar-refractivity contribution in [1.29, 1.82) is 0 Å². The van der Waals surface area contributed by atoms with Gasteiger partial charge in [0.1, 0.15) is 0 Å². The molecule has 0 aliphatic carbocycles. The number of hydrogen-bond donors (Lipinski definition) is 1. The Labute approximate surface area is 307 Å². The van der Waals surface area contributed by atoms with E-state index in [1.807, 2.05) is 12.5 Å². The number of rotatable bonds is 17. The molecular formula is C37H46N4O8S2. The zero-order chi connectivity index (χ0) is 36.3. The van der Waals surface area contributed by atoms with Crippen molar-refractivity contribution >= 4 is 57.1 Å². The Morgan fingerprint density at radius 1 is 0.922 bits per heavy atom. The van der Waals surface area contributed by atoms with Gasteiger partial charge in [-0.15, -0.1) is 0 Å². The maximum absolute atomic E-state index is 13.5. The molecule has 0 saturated carbocycles. The quantitative estimate of drug-likeness (QED) is 0.101. The highest BCUT2D eigenvalue weighted by atomic mass is 33.1. The molecular weight excluding hydrogens is 693 g/mol. The van der Waals surface area contributed by atoms with E-state index in [1.54, 1.807) is 62.8 Å². The maximum atomic E-state index is 13.5. The Balaban J connectivity index is 1.16. The van der Waals surface area contributed by atoms with Crippen LogP contribution in [0.1, 0.15) is 59.2 Å². The first-order valence-electron chi connectivity index (χ1n) is 17.0. The van der Waals surface area contributed by atoms with E-state index in [0.717, 1.165) is 42.6 Å². The predicted molar refractivity (Wildman–Crippen MR) is 203 cm³/mol. The van der Waals surface area contributed by atoms with Crippen molar-refractivity contribution in [3.63, 3.8) is 0 Å². The first kappa shape index (κ1) is 37.9. The van der Waals surface area contributed by atoms with Crippen molar-refractivity contribution < 1.29 is 38.1 Å². The Morgan fingerprint density at radius 2 is 1.65 bits per heavy atom. The molecule has 0 radical (unpaired) electrons. The van der Waals surface area contributed by atoms with Gasteiger partial charge >= 0.3 is 6.09 Å². The van der Waals surface area contributed by atoms with E-state index >= 15 is 0 Å². The summed E-state index contributed by atoms with van der Waals surface area (Å²) in [6, 6.07) is 6.58. The van der Waals surface area contributed by atoms with Gasteiger partial charge in [0.05, 0.1) is 62.6 Å². The average molecular weight is 739 g/mol. The second-order valence-corrected chi connectivity index (χ2v) is 15.1. The van der Waals surface area contributed by atoms with Crippen LogP contribution in [0.5, 0.6) is 23.0 Å². The summed E-state index contributed by atoms with van der Waals surface area (Å²) >= 11 is 0. The standard InChI is InChI=1S/C37H46N4O8S2/c1-24-10-11-40(22-24)35(42)28-18-32(46-4)34(20-30(28)39-37(44)49-14-9-15-51-50-5)48-13-8-6-7-12-47-33-19-29-27(17-31(33)45-3)36(43)41-23-25(2)16-26(41)21-38-29/h17-21,26H,1-2,6-16,22-23H2,3-5H3,(H,39,44). The number of carbonyl (C=O) groups is 3. The number of aliphatic imine (C=N–C) groups is 1. The first-order valence-corrected chi connectivity index (χ1v) is 19.7. The SMILES string of the molecule is C=C1CCN(C(=O)c2cc(OC)c(OCCCCCOc3cc4c(cc3OC)C(=O)N3CC(=C)CC3C=N4)cc2NC(=O)OCCCSSC)C1. The monoisotopic (exact) mass is 738 g/mol. The van der Waals surface area contributed by atoms with Crippen molar-refractivity contribution in [2.24, 2.45) is 4.99 Å². The Bertz CT molecular complexity index is 1670. The van der Waals surface area contributed by atoms with Gasteiger partial charge in [-0.2, -0.15) is 0 Å². The number of fused-ring (bicyclic) bond motifs is 2. The molecule has 2 fully saturated rings. The third-order valence-corrected chi connectivity index (χ3v) is 10.6. The normalized spacial score (nSPS) is 16.5. The van der Waals surface area contributed by atoms with Crippen LogP contribution >= 0.6 is 21.6 Å². The van der Waals surface area contributed by atoms with Crippen molar-refractivity contribution in [3.05, 3.63) is 59.7 Å². The molecule has 1 N–H and O–H groups in total. The molecule has 0 bridgehead atoms. The van der Waals surface area contributed by atoms with Gasteiger partial charge in [0.2, 0.25) is 0 Å². The van der Waals surface area contributed by atoms with Gasteiger partial charge in [0, 0.05) is 43.7 Å². The number of nitrogens with one attached hydrogen (secondary N) is 1. The van der Waals surface area contributed by atoms with Crippen LogP contribution in [0.25, 0.3) is 0 Å². The molecule has 274 valence electrons. The minimum Gasteiger partial charge on any atom is -0.493 e. The minimum atomic E-state index is -0.642. The average Bonchev–Trinajstić information content (AvgIpc) is 3.71. The number of hydrogen-bond acceptors (Lipinski definition) is 11. The number of amides is 3. The number of nitrogens with zero attached hydrogens (tertiary/aromatic N) is 3. The van der Waals surface area contributed by atoms with Gasteiger partial charge in [0.15, 0.2) is 23.0 Å². The molecule has 2 aromatic carbocycles. The fourth-order valence-electron chi connectivity index (χ4n) is 6.04. The van der Waals surface area contributed by atoms with Gasteiger partial charge < -0.3 is 33.5 Å². The molecule has 2 aromatic rings. The summed E-state index contributed by atoms with van der Waals surface area (Å²) in [5.74, 6) is 2.32. The fraction of sp³-hybridized carbons (Fsp3) is 0.459. The summed E-state index contributed by atoms with van der Waals surface area (Å²) in [4.78, 5) is 47.5. The molecule has 0 aromatic heterocycles. The van der Waals surface area contributed by atoms with E-state index in [4.69, 9.17) is 23.7 Å². The summed E-state index contributed by atoms with van der Waals surface area (Å²) in [7, 11) is 6.42. The van der Waals surface area contributed by atoms with Crippen molar-refractivity contribution in [2.45, 2.75) is 44.6 Å². The molecule has 14 heteroatoms. The lowest BCUT2D eigenvalue weighted by atomic mass is 10.1. The molecule has 3 amide bonds. The molecule has 3 aliphatic rings. The highest BCUT2D eigenvalue weighted by Gasteiger charge is 2.34. The van der Waals surface area contributed by atoms with Crippen LogP contribution in [0.2, 0.25) is 0 Å². The smallest absolute Gasteiger partial charge is 0.411 e. The van der Waals surface area contributed by atoms with Crippen molar-refractivity contribution in [1.82, 2.24) is 9.80 Å². The van der Waals surface area contributed by atoms with E-state index in [0.29, 0.717) is 79.9 Å². The van der Waals surface area contributed by atoms with Crippen LogP contribution in [0.4, 0.5) is 16.2 Å². The van der Waals surface area contributed by atoms with Gasteiger partial charge in [-0.05, 0) is 56.9 Å². The van der Waals surface area contributed by atoms with Gasteiger partial charge in [0.25, 0.3) is 11.8 Å². The molecule has 12 nitrogen and oxygen atoms in total. The van der Waals surface area contributed by atoms with Crippen molar-refractivity contribution in [2.75, 3.05) is 71.0 Å². The van der Waals surface area contributed by atoms with Crippen LogP contribution in [-0.4, -0.2) is 106 Å². The molecule has 2 saturated heterocycles. The highest BCUT2D eigenvalue weighted by Crippen LogP contribution is 2.39. The lowest BCUT2D eigenvalue weighted by Gasteiger charge is -2.20. The van der Waals surface area contributed by atoms with Gasteiger partial charge in [-0.1, -0.05) is 45.9 Å². The third-order valence-electron chi connectivity index (χ3n) is 8.69. The largest absolute Gasteiger partial charge is 0.493 e. The number of carbonyl (C=O) groups excluding carboxylic acids is 3. The second kappa shape index (κ2) is 18.3. The van der Waals surface area contributed by atoms with E-state index in [9.17, 15) is 14.4 Å². The first-order chi connectivity index (χ1) is 24.7. The zero-order valence-electron chi connectivity index (χ0n) is 29.5. The molecule has 3 aliphatic heterocycles. The summed E-state index contributed by atoms with van der Waals surface area (Å²) in [6.07, 6.45) is 7.59. The summed E-state index contributed by atoms with van der Waals surface area (Å²) in [5, 5.41) is 2.75. The number of anilines is 1. The van der Waals surface area contributed by atoms with Crippen LogP contribution in [-0.2, 0) is 4.74 Å². The topological polar surface area (TPSA) is 128 Å². The third kappa shape index (κ3) is 9.73. The van der Waals surface area contributed by atoms with E-state index in [2.05, 4.69) is 23.5 Å². The maximum Gasteiger partial charge on any atom is 0.411 e.